The molecule has 0 bridgehead atoms. The number of pyridine rings is 2. The SMILES string of the molecule is COCOc1cc2ccccc2nc1-c1nc2ccccc2cc1OCOC. The van der Waals surface area contributed by atoms with Crippen molar-refractivity contribution in [3.8, 4) is 22.9 Å². The molecule has 0 aliphatic heterocycles. The molecular formula is C22H20N2O4. The number of ether oxygens (including phenoxy) is 4. The highest BCUT2D eigenvalue weighted by atomic mass is 16.7. The molecule has 0 saturated heterocycles. The molecule has 6 heteroatoms. The monoisotopic (exact) mass is 376 g/mol. The maximum Gasteiger partial charge on any atom is 0.188 e. The molecule has 0 saturated carbocycles. The fraction of sp³-hybridized carbons (Fsp3) is 0.182. The van der Waals surface area contributed by atoms with Crippen molar-refractivity contribution in [1.29, 1.82) is 0 Å². The van der Waals surface area contributed by atoms with Crippen LogP contribution in [0.15, 0.2) is 60.7 Å². The smallest absolute Gasteiger partial charge is 0.188 e. The summed E-state index contributed by atoms with van der Waals surface area (Å²) in [6.45, 7) is 0.212. The predicted molar refractivity (Wildman–Crippen MR) is 107 cm³/mol. The third kappa shape index (κ3) is 3.60. The van der Waals surface area contributed by atoms with Gasteiger partial charge < -0.3 is 18.9 Å². The minimum absolute atomic E-state index is 0.106. The quantitative estimate of drug-likeness (QED) is 0.445. The molecule has 2 heterocycles. The average Bonchev–Trinajstić information content (AvgIpc) is 2.75. The summed E-state index contributed by atoms with van der Waals surface area (Å²) in [6.07, 6.45) is 0. The number of para-hydroxylation sites is 2. The highest BCUT2D eigenvalue weighted by Gasteiger charge is 2.18. The lowest BCUT2D eigenvalue weighted by Gasteiger charge is -2.15. The van der Waals surface area contributed by atoms with Gasteiger partial charge in [-0.25, -0.2) is 9.97 Å². The molecule has 4 rings (SSSR count). The highest BCUT2D eigenvalue weighted by Crippen LogP contribution is 2.37. The molecule has 2 aromatic carbocycles. The topological polar surface area (TPSA) is 62.7 Å². The van der Waals surface area contributed by atoms with E-state index in [1.165, 1.54) is 0 Å². The Morgan fingerprint density at radius 1 is 0.643 bits per heavy atom. The first-order chi connectivity index (χ1) is 13.8. The standard InChI is InChI=1S/C22H20N2O4/c1-25-13-27-19-11-15-7-3-5-9-17(15)23-21(19)22-20(28-14-26-2)12-16-8-4-6-10-18(16)24-22/h3-12H,13-14H2,1-2H3. The number of hydrogen-bond donors (Lipinski definition) is 0. The Labute approximate surface area is 162 Å². The molecule has 0 atom stereocenters. The molecule has 4 aromatic rings. The van der Waals surface area contributed by atoms with Gasteiger partial charge in [0.05, 0.1) is 11.0 Å². The normalized spacial score (nSPS) is 11.1. The zero-order valence-electron chi connectivity index (χ0n) is 15.7. The van der Waals surface area contributed by atoms with Crippen molar-refractivity contribution < 1.29 is 18.9 Å². The number of benzene rings is 2. The summed E-state index contributed by atoms with van der Waals surface area (Å²) < 4.78 is 21.8. The van der Waals surface area contributed by atoms with Gasteiger partial charge >= 0.3 is 0 Å². The zero-order chi connectivity index (χ0) is 19.3. The first-order valence-electron chi connectivity index (χ1n) is 8.83. The molecule has 0 aliphatic carbocycles. The average molecular weight is 376 g/mol. The van der Waals surface area contributed by atoms with E-state index in [-0.39, 0.29) is 13.6 Å². The molecule has 6 nitrogen and oxygen atoms in total. The van der Waals surface area contributed by atoms with Gasteiger partial charge in [0.25, 0.3) is 0 Å². The Bertz CT molecular complexity index is 1020. The van der Waals surface area contributed by atoms with Gasteiger partial charge in [0, 0.05) is 25.0 Å². The van der Waals surface area contributed by atoms with Crippen molar-refractivity contribution in [2.75, 3.05) is 27.8 Å². The van der Waals surface area contributed by atoms with Crippen molar-refractivity contribution in [2.45, 2.75) is 0 Å². The van der Waals surface area contributed by atoms with Gasteiger partial charge in [-0.2, -0.15) is 0 Å². The van der Waals surface area contributed by atoms with Crippen LogP contribution in [0, 0.1) is 0 Å². The first-order valence-corrected chi connectivity index (χ1v) is 8.83. The van der Waals surface area contributed by atoms with Crippen molar-refractivity contribution >= 4 is 21.8 Å². The Hall–Kier alpha value is -3.22. The van der Waals surface area contributed by atoms with Crippen LogP contribution < -0.4 is 9.47 Å². The Kier molecular flexibility index (Phi) is 5.32. The molecule has 0 aliphatic rings. The van der Waals surface area contributed by atoms with Gasteiger partial charge in [0.2, 0.25) is 0 Å². The second-order valence-electron chi connectivity index (χ2n) is 6.16. The number of nitrogens with zero attached hydrogens (tertiary/aromatic N) is 2. The first kappa shape index (κ1) is 18.2. The fourth-order valence-corrected chi connectivity index (χ4v) is 3.00. The lowest BCUT2D eigenvalue weighted by molar-refractivity contribution is 0.0498. The molecule has 0 spiro atoms. The summed E-state index contributed by atoms with van der Waals surface area (Å²) >= 11 is 0. The molecule has 2 aromatic heterocycles. The van der Waals surface area contributed by atoms with E-state index in [1.54, 1.807) is 14.2 Å². The van der Waals surface area contributed by atoms with Crippen LogP contribution in [0.3, 0.4) is 0 Å². The predicted octanol–water partition coefficient (Wildman–Crippen LogP) is 4.42. The fourth-order valence-electron chi connectivity index (χ4n) is 3.00. The van der Waals surface area contributed by atoms with Crippen molar-refractivity contribution in [3.63, 3.8) is 0 Å². The Morgan fingerprint density at radius 2 is 1.07 bits per heavy atom. The molecule has 0 N–H and O–H groups in total. The lowest BCUT2D eigenvalue weighted by atomic mass is 10.1. The molecule has 28 heavy (non-hydrogen) atoms. The van der Waals surface area contributed by atoms with Gasteiger partial charge in [-0.3, -0.25) is 0 Å². The van der Waals surface area contributed by atoms with E-state index in [1.807, 2.05) is 60.7 Å². The van der Waals surface area contributed by atoms with E-state index >= 15 is 0 Å². The van der Waals surface area contributed by atoms with Gasteiger partial charge in [-0.1, -0.05) is 36.4 Å². The van der Waals surface area contributed by atoms with Crippen LogP contribution >= 0.6 is 0 Å². The van der Waals surface area contributed by atoms with E-state index in [2.05, 4.69) is 0 Å². The van der Waals surface area contributed by atoms with Gasteiger partial charge in [-0.05, 0) is 24.3 Å². The molecule has 0 amide bonds. The number of methoxy groups -OCH3 is 2. The van der Waals surface area contributed by atoms with E-state index in [0.717, 1.165) is 21.8 Å². The number of aromatic nitrogens is 2. The summed E-state index contributed by atoms with van der Waals surface area (Å²) in [5.41, 5.74) is 2.87. The van der Waals surface area contributed by atoms with Gasteiger partial charge in [-0.15, -0.1) is 0 Å². The van der Waals surface area contributed by atoms with E-state index in [9.17, 15) is 0 Å². The summed E-state index contributed by atoms with van der Waals surface area (Å²) in [5.74, 6) is 1.15. The largest absolute Gasteiger partial charge is 0.465 e. The molecule has 0 unspecified atom stereocenters. The van der Waals surface area contributed by atoms with E-state index in [4.69, 9.17) is 28.9 Å². The molecular weight excluding hydrogens is 356 g/mol. The van der Waals surface area contributed by atoms with Crippen molar-refractivity contribution in [2.24, 2.45) is 0 Å². The van der Waals surface area contributed by atoms with E-state index in [0.29, 0.717) is 22.9 Å². The van der Waals surface area contributed by atoms with Gasteiger partial charge in [0.15, 0.2) is 25.1 Å². The Morgan fingerprint density at radius 3 is 1.50 bits per heavy atom. The number of fused-ring (bicyclic) bond motifs is 2. The number of hydrogen-bond acceptors (Lipinski definition) is 6. The third-order valence-corrected chi connectivity index (χ3v) is 4.27. The van der Waals surface area contributed by atoms with Crippen molar-refractivity contribution in [3.05, 3.63) is 60.7 Å². The second kappa shape index (κ2) is 8.21. The van der Waals surface area contributed by atoms with Gasteiger partial charge in [0.1, 0.15) is 11.4 Å². The maximum absolute atomic E-state index is 5.81. The minimum Gasteiger partial charge on any atom is -0.465 e. The van der Waals surface area contributed by atoms with Crippen LogP contribution in [-0.4, -0.2) is 37.8 Å². The second-order valence-corrected chi connectivity index (χ2v) is 6.16. The van der Waals surface area contributed by atoms with Crippen molar-refractivity contribution in [1.82, 2.24) is 9.97 Å². The minimum atomic E-state index is 0.106. The molecule has 0 fully saturated rings. The number of rotatable bonds is 7. The van der Waals surface area contributed by atoms with Crippen LogP contribution in [0.2, 0.25) is 0 Å². The maximum atomic E-state index is 5.81. The molecule has 142 valence electrons. The van der Waals surface area contributed by atoms with Crippen LogP contribution in [0.25, 0.3) is 33.2 Å². The zero-order valence-corrected chi connectivity index (χ0v) is 15.7. The summed E-state index contributed by atoms with van der Waals surface area (Å²) in [6, 6.07) is 19.6. The van der Waals surface area contributed by atoms with Crippen LogP contribution in [0.4, 0.5) is 0 Å². The van der Waals surface area contributed by atoms with E-state index < -0.39 is 0 Å². The summed E-state index contributed by atoms with van der Waals surface area (Å²) in [5, 5.41) is 1.94. The van der Waals surface area contributed by atoms with Crippen LogP contribution in [0.5, 0.6) is 11.5 Å². The summed E-state index contributed by atoms with van der Waals surface area (Å²) in [4.78, 5) is 9.62. The summed E-state index contributed by atoms with van der Waals surface area (Å²) in [7, 11) is 3.16. The van der Waals surface area contributed by atoms with Crippen LogP contribution in [0.1, 0.15) is 0 Å². The third-order valence-electron chi connectivity index (χ3n) is 4.27. The lowest BCUT2D eigenvalue weighted by Crippen LogP contribution is -2.05. The highest BCUT2D eigenvalue weighted by molar-refractivity contribution is 5.89. The molecule has 0 radical (unpaired) electrons. The Balaban J connectivity index is 1.95. The van der Waals surface area contributed by atoms with Crippen LogP contribution in [-0.2, 0) is 9.47 Å².